The summed E-state index contributed by atoms with van der Waals surface area (Å²) in [7, 11) is 0. The maximum atomic E-state index is 13.4. The molecule has 1 aromatic carbocycles. The highest BCUT2D eigenvalue weighted by Crippen LogP contribution is 2.32. The fraction of sp³-hybridized carbons (Fsp3) is 0.417. The monoisotopic (exact) mass is 308 g/mol. The number of hydrogen-bond acceptors (Lipinski definition) is 2. The minimum Gasteiger partial charge on any atom is -0.394 e. The first kappa shape index (κ1) is 16.0. The molecular weight excluding hydrogens is 294 g/mol. The molecule has 0 aliphatic carbocycles. The van der Waals surface area contributed by atoms with Gasteiger partial charge in [-0.15, -0.1) is 0 Å². The Hall–Kier alpha value is -1.04. The van der Waals surface area contributed by atoms with Crippen molar-refractivity contribution in [1.82, 2.24) is 10.6 Å². The largest absolute Gasteiger partial charge is 0.394 e. The molecule has 2 unspecified atom stereocenters. The van der Waals surface area contributed by atoms with Crippen molar-refractivity contribution in [3.8, 4) is 0 Å². The van der Waals surface area contributed by atoms with E-state index in [9.17, 15) is 9.18 Å². The molecule has 2 atom stereocenters. The van der Waals surface area contributed by atoms with Gasteiger partial charge >= 0.3 is 6.03 Å². The van der Waals surface area contributed by atoms with Crippen LogP contribution in [-0.4, -0.2) is 23.8 Å². The molecule has 3 N–H and O–H groups in total. The second kappa shape index (κ2) is 6.93. The van der Waals surface area contributed by atoms with Gasteiger partial charge in [-0.25, -0.2) is 9.18 Å². The minimum atomic E-state index is -0.598. The fourth-order valence-electron chi connectivity index (χ4n) is 1.52. The quantitative estimate of drug-likeness (QED) is 0.749. The van der Waals surface area contributed by atoms with Crippen molar-refractivity contribution < 1.29 is 14.3 Å². The maximum Gasteiger partial charge on any atom is 0.315 e. The predicted octanol–water partition coefficient (Wildman–Crippen LogP) is 2.87. The summed E-state index contributed by atoms with van der Waals surface area (Å²) in [5.41, 5.74) is 0.315. The number of carbonyl (C=O) groups is 1. The summed E-state index contributed by atoms with van der Waals surface area (Å²) >= 11 is 11.8. The van der Waals surface area contributed by atoms with E-state index in [4.69, 9.17) is 28.3 Å². The lowest BCUT2D eigenvalue weighted by molar-refractivity contribution is 0.218. The molecule has 1 aromatic rings. The molecule has 0 saturated carbocycles. The molecule has 1 rings (SSSR count). The van der Waals surface area contributed by atoms with Crippen LogP contribution in [0.15, 0.2) is 12.1 Å². The lowest BCUT2D eigenvalue weighted by Gasteiger charge is -2.19. The minimum absolute atomic E-state index is 0.115. The van der Waals surface area contributed by atoms with E-state index in [0.717, 1.165) is 6.07 Å². The van der Waals surface area contributed by atoms with Crippen LogP contribution in [0.3, 0.4) is 0 Å². The molecule has 0 aromatic heterocycles. The highest BCUT2D eigenvalue weighted by atomic mass is 35.5. The number of urea groups is 1. The van der Waals surface area contributed by atoms with Crippen LogP contribution in [0.2, 0.25) is 10.0 Å². The van der Waals surface area contributed by atoms with Crippen molar-refractivity contribution in [1.29, 1.82) is 0 Å². The second-order valence-electron chi connectivity index (χ2n) is 4.18. The first-order valence-electron chi connectivity index (χ1n) is 5.68. The topological polar surface area (TPSA) is 61.4 Å². The van der Waals surface area contributed by atoms with Crippen molar-refractivity contribution in [3.05, 3.63) is 33.6 Å². The van der Waals surface area contributed by atoms with E-state index in [1.807, 2.05) is 0 Å². The Labute approximate surface area is 120 Å². The van der Waals surface area contributed by atoms with E-state index in [1.54, 1.807) is 13.8 Å². The summed E-state index contributed by atoms with van der Waals surface area (Å²) in [6, 6.07) is 1.09. The first-order chi connectivity index (χ1) is 8.86. The molecule has 106 valence electrons. The van der Waals surface area contributed by atoms with Crippen LogP contribution in [0.25, 0.3) is 0 Å². The number of hydrogen-bond donors (Lipinski definition) is 3. The summed E-state index contributed by atoms with van der Waals surface area (Å²) in [5.74, 6) is -0.598. The van der Waals surface area contributed by atoms with Crippen LogP contribution in [0.5, 0.6) is 0 Å². The highest BCUT2D eigenvalue weighted by Gasteiger charge is 2.19. The van der Waals surface area contributed by atoms with Gasteiger partial charge in [0.1, 0.15) is 5.82 Å². The first-order valence-corrected chi connectivity index (χ1v) is 6.43. The molecule has 19 heavy (non-hydrogen) atoms. The SMILES string of the molecule is CC(CO)NC(=O)NC(C)c1c(Cl)ccc(F)c1Cl. The molecule has 0 aliphatic heterocycles. The average Bonchev–Trinajstić information content (AvgIpc) is 2.34. The van der Waals surface area contributed by atoms with E-state index in [1.165, 1.54) is 6.07 Å². The zero-order chi connectivity index (χ0) is 14.6. The summed E-state index contributed by atoms with van der Waals surface area (Å²) < 4.78 is 13.4. The van der Waals surface area contributed by atoms with Gasteiger partial charge in [-0.2, -0.15) is 0 Å². The van der Waals surface area contributed by atoms with Crippen LogP contribution < -0.4 is 10.6 Å². The normalized spacial score (nSPS) is 13.8. The molecule has 0 spiro atoms. The Morgan fingerprint density at radius 1 is 1.37 bits per heavy atom. The van der Waals surface area contributed by atoms with E-state index in [2.05, 4.69) is 10.6 Å². The van der Waals surface area contributed by atoms with Crippen molar-refractivity contribution in [2.45, 2.75) is 25.9 Å². The predicted molar refractivity (Wildman–Crippen MR) is 73.1 cm³/mol. The van der Waals surface area contributed by atoms with Gasteiger partial charge in [0.15, 0.2) is 0 Å². The number of aliphatic hydroxyl groups excluding tert-OH is 1. The molecular formula is C12H15Cl2FN2O2. The van der Waals surface area contributed by atoms with Gasteiger partial charge in [-0.3, -0.25) is 0 Å². The molecule has 2 amide bonds. The lowest BCUT2D eigenvalue weighted by atomic mass is 10.1. The van der Waals surface area contributed by atoms with Gasteiger partial charge in [0.25, 0.3) is 0 Å². The Balaban J connectivity index is 2.81. The van der Waals surface area contributed by atoms with Crippen LogP contribution in [-0.2, 0) is 0 Å². The molecule has 0 heterocycles. The molecule has 0 fully saturated rings. The van der Waals surface area contributed by atoms with Crippen molar-refractivity contribution in [2.75, 3.05) is 6.61 Å². The van der Waals surface area contributed by atoms with Gasteiger partial charge in [-0.1, -0.05) is 23.2 Å². The van der Waals surface area contributed by atoms with Crippen LogP contribution >= 0.6 is 23.2 Å². The number of amides is 2. The number of carbonyl (C=O) groups excluding carboxylic acids is 1. The van der Waals surface area contributed by atoms with Gasteiger partial charge in [-0.05, 0) is 26.0 Å². The molecule has 0 aliphatic rings. The Morgan fingerprint density at radius 2 is 2.00 bits per heavy atom. The van der Waals surface area contributed by atoms with E-state index >= 15 is 0 Å². The van der Waals surface area contributed by atoms with Gasteiger partial charge in [0.2, 0.25) is 0 Å². The number of nitrogens with one attached hydrogen (secondary N) is 2. The molecule has 0 saturated heterocycles. The Morgan fingerprint density at radius 3 is 2.58 bits per heavy atom. The third-order valence-electron chi connectivity index (χ3n) is 2.51. The Kier molecular flexibility index (Phi) is 5.85. The summed E-state index contributed by atoms with van der Waals surface area (Å²) in [6.07, 6.45) is 0. The Bertz CT molecular complexity index is 471. The summed E-state index contributed by atoms with van der Waals surface area (Å²) in [6.45, 7) is 3.10. The number of aliphatic hydroxyl groups is 1. The van der Waals surface area contributed by atoms with Crippen LogP contribution in [0.1, 0.15) is 25.5 Å². The zero-order valence-corrected chi connectivity index (χ0v) is 12.0. The molecule has 0 bridgehead atoms. The summed E-state index contributed by atoms with van der Waals surface area (Å²) in [5, 5.41) is 14.1. The lowest BCUT2D eigenvalue weighted by Crippen LogP contribution is -2.43. The molecule has 4 nitrogen and oxygen atoms in total. The molecule has 0 radical (unpaired) electrons. The van der Waals surface area contributed by atoms with Gasteiger partial charge in [0, 0.05) is 10.6 Å². The van der Waals surface area contributed by atoms with Gasteiger partial charge < -0.3 is 15.7 Å². The van der Waals surface area contributed by atoms with E-state index in [-0.39, 0.29) is 22.7 Å². The molecule has 7 heteroatoms. The number of benzene rings is 1. The van der Waals surface area contributed by atoms with Crippen LogP contribution in [0, 0.1) is 5.82 Å². The van der Waals surface area contributed by atoms with Crippen LogP contribution in [0.4, 0.5) is 9.18 Å². The average molecular weight is 309 g/mol. The maximum absolute atomic E-state index is 13.4. The van der Waals surface area contributed by atoms with Crippen molar-refractivity contribution in [2.24, 2.45) is 0 Å². The van der Waals surface area contributed by atoms with Crippen molar-refractivity contribution in [3.63, 3.8) is 0 Å². The second-order valence-corrected chi connectivity index (χ2v) is 4.97. The van der Waals surface area contributed by atoms with Gasteiger partial charge in [0.05, 0.1) is 23.7 Å². The van der Waals surface area contributed by atoms with E-state index < -0.39 is 17.9 Å². The number of rotatable bonds is 4. The highest BCUT2D eigenvalue weighted by molar-refractivity contribution is 6.36. The third-order valence-corrected chi connectivity index (χ3v) is 3.23. The van der Waals surface area contributed by atoms with E-state index in [0.29, 0.717) is 5.56 Å². The third kappa shape index (κ3) is 4.23. The zero-order valence-electron chi connectivity index (χ0n) is 10.5. The van der Waals surface area contributed by atoms with Crippen molar-refractivity contribution >= 4 is 29.2 Å². The summed E-state index contributed by atoms with van der Waals surface area (Å²) in [4.78, 5) is 11.6. The number of halogens is 3. The fourth-order valence-corrected chi connectivity index (χ4v) is 2.22. The smallest absolute Gasteiger partial charge is 0.315 e. The standard InChI is InChI=1S/C12H15Cl2FN2O2/c1-6(5-18)16-12(19)17-7(2)10-8(13)3-4-9(15)11(10)14/h3-4,6-7,18H,5H2,1-2H3,(H2,16,17,19).